The first-order valence-corrected chi connectivity index (χ1v) is 11.8. The normalized spacial score (nSPS) is 11.7. The van der Waals surface area contributed by atoms with Crippen molar-refractivity contribution in [2.75, 3.05) is 13.7 Å². The summed E-state index contributed by atoms with van der Waals surface area (Å²) in [7, 11) is 1.27. The highest BCUT2D eigenvalue weighted by molar-refractivity contribution is 7.64. The SMILES string of the molecule is COC(=O)C=Cc1ccc(OCCCC[Si](Cl)(Cl)Cl)c(F)c1. The maximum absolute atomic E-state index is 13.8. The van der Waals surface area contributed by atoms with Crippen molar-refractivity contribution in [1.82, 2.24) is 0 Å². The molecule has 0 aromatic heterocycles. The summed E-state index contributed by atoms with van der Waals surface area (Å²) < 4.78 is 23.6. The monoisotopic (exact) mass is 384 g/mol. The number of methoxy groups -OCH3 is 1. The third kappa shape index (κ3) is 8.03. The van der Waals surface area contributed by atoms with Gasteiger partial charge in [-0.3, -0.25) is 0 Å². The second kappa shape index (κ2) is 9.40. The molecule has 0 aliphatic rings. The predicted octanol–water partition coefficient (Wildman–Crippen LogP) is 4.83. The molecule has 0 N–H and O–H groups in total. The molecule has 0 bridgehead atoms. The van der Waals surface area contributed by atoms with E-state index in [0.29, 0.717) is 24.6 Å². The zero-order valence-electron chi connectivity index (χ0n) is 12.0. The number of carbonyl (C=O) groups is 1. The summed E-state index contributed by atoms with van der Waals surface area (Å²) in [6.45, 7) is 0.351. The van der Waals surface area contributed by atoms with Gasteiger partial charge >= 0.3 is 12.0 Å². The number of rotatable bonds is 8. The molecule has 0 spiro atoms. The number of ether oxygens (including phenoxy) is 2. The maximum atomic E-state index is 13.8. The van der Waals surface area contributed by atoms with E-state index in [1.54, 1.807) is 6.07 Å². The summed E-state index contributed by atoms with van der Waals surface area (Å²) in [6, 6.07) is 2.41. The highest BCUT2D eigenvalue weighted by Crippen LogP contribution is 2.27. The van der Waals surface area contributed by atoms with Crippen LogP contribution >= 0.6 is 33.2 Å². The van der Waals surface area contributed by atoms with E-state index in [1.807, 2.05) is 0 Å². The van der Waals surface area contributed by atoms with E-state index in [2.05, 4.69) is 4.74 Å². The summed E-state index contributed by atoms with van der Waals surface area (Å²) in [4.78, 5) is 11.0. The molecule has 8 heteroatoms. The van der Waals surface area contributed by atoms with E-state index < -0.39 is 17.8 Å². The van der Waals surface area contributed by atoms with Gasteiger partial charge in [-0.15, -0.1) is 33.2 Å². The van der Waals surface area contributed by atoms with Crippen molar-refractivity contribution in [3.05, 3.63) is 35.7 Å². The van der Waals surface area contributed by atoms with Crippen LogP contribution in [0.1, 0.15) is 18.4 Å². The molecule has 1 aromatic rings. The van der Waals surface area contributed by atoms with Gasteiger partial charge in [0.1, 0.15) is 0 Å². The lowest BCUT2D eigenvalue weighted by atomic mass is 10.2. The number of benzene rings is 1. The second-order valence-electron chi connectivity index (χ2n) is 4.47. The Balaban J connectivity index is 2.46. The van der Waals surface area contributed by atoms with E-state index in [4.69, 9.17) is 38.0 Å². The molecule has 0 saturated carbocycles. The third-order valence-electron chi connectivity index (χ3n) is 2.68. The van der Waals surface area contributed by atoms with E-state index in [9.17, 15) is 9.18 Å². The topological polar surface area (TPSA) is 35.5 Å². The van der Waals surface area contributed by atoms with Gasteiger partial charge in [-0.1, -0.05) is 6.07 Å². The van der Waals surface area contributed by atoms with Gasteiger partial charge in [0.05, 0.1) is 13.7 Å². The average Bonchev–Trinajstić information content (AvgIpc) is 2.45. The Hall–Kier alpha value is -0.753. The van der Waals surface area contributed by atoms with Gasteiger partial charge in [0, 0.05) is 6.08 Å². The molecule has 0 fully saturated rings. The Bertz CT molecular complexity index is 533. The van der Waals surface area contributed by atoms with Gasteiger partial charge in [0.15, 0.2) is 11.6 Å². The van der Waals surface area contributed by atoms with Crippen molar-refractivity contribution in [1.29, 1.82) is 0 Å². The fourth-order valence-electron chi connectivity index (χ4n) is 1.58. The van der Waals surface area contributed by atoms with Crippen LogP contribution in [0.5, 0.6) is 5.75 Å². The molecule has 0 aliphatic heterocycles. The Morgan fingerprint density at radius 3 is 2.64 bits per heavy atom. The minimum atomic E-state index is -2.58. The zero-order valence-corrected chi connectivity index (χ0v) is 15.2. The molecule has 3 nitrogen and oxygen atoms in total. The van der Waals surface area contributed by atoms with Gasteiger partial charge in [-0.25, -0.2) is 9.18 Å². The molecular weight excluding hydrogens is 370 g/mol. The molecule has 122 valence electrons. The molecule has 0 aliphatic carbocycles. The van der Waals surface area contributed by atoms with Gasteiger partial charge in [0.2, 0.25) is 0 Å². The van der Waals surface area contributed by atoms with Gasteiger partial charge in [0.25, 0.3) is 0 Å². The van der Waals surface area contributed by atoms with Crippen LogP contribution < -0.4 is 4.74 Å². The van der Waals surface area contributed by atoms with Crippen LogP contribution in [0.2, 0.25) is 6.04 Å². The van der Waals surface area contributed by atoms with Crippen molar-refractivity contribution in [3.8, 4) is 5.75 Å². The van der Waals surface area contributed by atoms with E-state index in [0.717, 1.165) is 6.42 Å². The molecule has 0 amide bonds. The summed E-state index contributed by atoms with van der Waals surface area (Å²) >= 11 is 17.3. The Kier molecular flexibility index (Phi) is 8.24. The first-order valence-electron chi connectivity index (χ1n) is 6.57. The van der Waals surface area contributed by atoms with E-state index in [-0.39, 0.29) is 5.75 Å². The molecule has 0 atom stereocenters. The fourth-order valence-corrected chi connectivity index (χ4v) is 3.43. The predicted molar refractivity (Wildman–Crippen MR) is 90.3 cm³/mol. The highest BCUT2D eigenvalue weighted by atomic mass is 35.8. The van der Waals surface area contributed by atoms with Crippen molar-refractivity contribution in [2.24, 2.45) is 0 Å². The molecule has 1 rings (SSSR count). The largest absolute Gasteiger partial charge is 0.491 e. The van der Waals surface area contributed by atoms with Crippen LogP contribution in [0.25, 0.3) is 6.08 Å². The molecule has 0 heterocycles. The number of hydrogen-bond acceptors (Lipinski definition) is 3. The Morgan fingerprint density at radius 2 is 2.05 bits per heavy atom. The summed E-state index contributed by atoms with van der Waals surface area (Å²) in [5.41, 5.74) is 0.539. The summed E-state index contributed by atoms with van der Waals surface area (Å²) in [6.07, 6.45) is 4.09. The van der Waals surface area contributed by atoms with Crippen LogP contribution in [-0.2, 0) is 9.53 Å². The van der Waals surface area contributed by atoms with Crippen LogP contribution in [0.4, 0.5) is 4.39 Å². The zero-order chi connectivity index (χ0) is 16.6. The molecule has 22 heavy (non-hydrogen) atoms. The van der Waals surface area contributed by atoms with Crippen LogP contribution in [0, 0.1) is 5.82 Å². The van der Waals surface area contributed by atoms with Crippen molar-refractivity contribution >= 4 is 51.3 Å². The molecule has 0 radical (unpaired) electrons. The smallest absolute Gasteiger partial charge is 0.341 e. The highest BCUT2D eigenvalue weighted by Gasteiger charge is 2.23. The van der Waals surface area contributed by atoms with E-state index in [1.165, 1.54) is 31.4 Å². The molecule has 0 unspecified atom stereocenters. The van der Waals surface area contributed by atoms with Gasteiger partial charge in [-0.05, 0) is 42.7 Å². The number of esters is 1. The first-order chi connectivity index (χ1) is 10.3. The van der Waals surface area contributed by atoms with E-state index >= 15 is 0 Å². The standard InChI is InChI=1S/C14H16Cl3FO3Si/c1-20-14(19)7-5-11-4-6-13(12(18)10-11)21-8-2-3-9-22(15,16)17/h4-7,10H,2-3,8-9H2,1H3. The van der Waals surface area contributed by atoms with Crippen LogP contribution in [0.3, 0.4) is 0 Å². The summed E-state index contributed by atoms with van der Waals surface area (Å²) in [5, 5.41) is 0. The average molecular weight is 386 g/mol. The fraction of sp³-hybridized carbons (Fsp3) is 0.357. The maximum Gasteiger partial charge on any atom is 0.341 e. The second-order valence-corrected chi connectivity index (χ2v) is 13.7. The summed E-state index contributed by atoms with van der Waals surface area (Å²) in [5.74, 6) is -0.845. The molecular formula is C14H16Cl3FO3Si. The minimum Gasteiger partial charge on any atom is -0.491 e. The van der Waals surface area contributed by atoms with Crippen molar-refractivity contribution < 1.29 is 18.7 Å². The molecule has 1 aromatic carbocycles. The lowest BCUT2D eigenvalue weighted by Crippen LogP contribution is -2.09. The van der Waals surface area contributed by atoms with Crippen LogP contribution in [0.15, 0.2) is 24.3 Å². The quantitative estimate of drug-likeness (QED) is 0.211. The lowest BCUT2D eigenvalue weighted by molar-refractivity contribution is -0.134. The Morgan fingerprint density at radius 1 is 1.32 bits per heavy atom. The number of unbranched alkanes of at least 4 members (excludes halogenated alkanes) is 1. The number of halogens is 4. The lowest BCUT2D eigenvalue weighted by Gasteiger charge is -2.09. The third-order valence-corrected chi connectivity index (χ3v) is 5.30. The van der Waals surface area contributed by atoms with Gasteiger partial charge < -0.3 is 9.47 Å². The first kappa shape index (κ1) is 19.3. The van der Waals surface area contributed by atoms with Gasteiger partial charge in [-0.2, -0.15) is 0 Å². The van der Waals surface area contributed by atoms with Crippen molar-refractivity contribution in [3.63, 3.8) is 0 Å². The van der Waals surface area contributed by atoms with Crippen LogP contribution in [-0.4, -0.2) is 25.7 Å². The van der Waals surface area contributed by atoms with Crippen molar-refractivity contribution in [2.45, 2.75) is 18.9 Å². The molecule has 0 saturated heterocycles. The number of carbonyl (C=O) groups excluding carboxylic acids is 1. The number of hydrogen-bond donors (Lipinski definition) is 0. The minimum absolute atomic E-state index is 0.154. The Labute approximate surface area is 144 Å².